The summed E-state index contributed by atoms with van der Waals surface area (Å²) in [5.41, 5.74) is 3.50. The van der Waals surface area contributed by atoms with Crippen LogP contribution in [0.15, 0.2) is 121 Å². The normalized spacial score (nSPS) is 22.7. The lowest BCUT2D eigenvalue weighted by Crippen LogP contribution is -2.59. The van der Waals surface area contributed by atoms with Gasteiger partial charge in [-0.15, -0.1) is 0 Å². The van der Waals surface area contributed by atoms with Crippen LogP contribution >= 0.6 is 11.6 Å². The van der Waals surface area contributed by atoms with Gasteiger partial charge in [-0.05, 0) is 22.3 Å². The highest BCUT2D eigenvalue weighted by atomic mass is 35.5. The second-order valence-corrected chi connectivity index (χ2v) is 10.2. The molecular formula is C34H35ClO5. The van der Waals surface area contributed by atoms with E-state index in [4.69, 9.17) is 35.3 Å². The molecule has 1 fully saturated rings. The third-order valence-corrected chi connectivity index (χ3v) is 7.18. The van der Waals surface area contributed by atoms with Crippen LogP contribution in [0.25, 0.3) is 0 Å². The Bertz CT molecular complexity index is 1240. The Kier molecular flexibility index (Phi) is 10.8. The van der Waals surface area contributed by atoms with Crippen molar-refractivity contribution in [2.24, 2.45) is 0 Å². The minimum absolute atomic E-state index is 0.300. The first-order valence-corrected chi connectivity index (χ1v) is 14.1. The molecule has 5 atom stereocenters. The van der Waals surface area contributed by atoms with Gasteiger partial charge in [-0.25, -0.2) is 0 Å². The van der Waals surface area contributed by atoms with Crippen LogP contribution in [-0.2, 0) is 50.1 Å². The molecule has 40 heavy (non-hydrogen) atoms. The van der Waals surface area contributed by atoms with Crippen molar-refractivity contribution in [3.05, 3.63) is 144 Å². The summed E-state index contributed by atoms with van der Waals surface area (Å²) in [6.07, 6.45) is -1.98. The maximum absolute atomic E-state index is 6.86. The van der Waals surface area contributed by atoms with Crippen molar-refractivity contribution in [3.8, 4) is 0 Å². The number of alkyl halides is 1. The molecule has 0 spiro atoms. The van der Waals surface area contributed by atoms with Crippen molar-refractivity contribution in [3.63, 3.8) is 0 Å². The van der Waals surface area contributed by atoms with Crippen LogP contribution in [0.2, 0.25) is 0 Å². The van der Waals surface area contributed by atoms with E-state index in [0.717, 1.165) is 22.3 Å². The van der Waals surface area contributed by atoms with Gasteiger partial charge in [0.2, 0.25) is 0 Å². The van der Waals surface area contributed by atoms with E-state index in [2.05, 4.69) is 0 Å². The third kappa shape index (κ3) is 8.24. The van der Waals surface area contributed by atoms with Crippen LogP contribution < -0.4 is 0 Å². The van der Waals surface area contributed by atoms with E-state index in [-0.39, 0.29) is 0 Å². The van der Waals surface area contributed by atoms with Gasteiger partial charge in [0.25, 0.3) is 0 Å². The highest BCUT2D eigenvalue weighted by Crippen LogP contribution is 2.32. The Balaban J connectivity index is 1.36. The van der Waals surface area contributed by atoms with Gasteiger partial charge in [0, 0.05) is 0 Å². The highest BCUT2D eigenvalue weighted by Gasteiger charge is 2.47. The largest absolute Gasteiger partial charge is 0.374 e. The van der Waals surface area contributed by atoms with Crippen LogP contribution in [0.5, 0.6) is 0 Å². The first-order chi connectivity index (χ1) is 19.8. The summed E-state index contributed by atoms with van der Waals surface area (Å²) < 4.78 is 31.9. The van der Waals surface area contributed by atoms with E-state index in [1.54, 1.807) is 0 Å². The molecule has 4 aromatic rings. The van der Waals surface area contributed by atoms with Crippen molar-refractivity contribution in [2.75, 3.05) is 6.61 Å². The summed E-state index contributed by atoms with van der Waals surface area (Å²) in [4.78, 5) is 0. The molecule has 0 bridgehead atoms. The monoisotopic (exact) mass is 558 g/mol. The van der Waals surface area contributed by atoms with Crippen molar-refractivity contribution in [1.29, 1.82) is 0 Å². The predicted octanol–water partition coefficient (Wildman–Crippen LogP) is 6.92. The van der Waals surface area contributed by atoms with Gasteiger partial charge in [-0.1, -0.05) is 133 Å². The molecule has 6 heteroatoms. The molecule has 0 aromatic heterocycles. The maximum Gasteiger partial charge on any atom is 0.160 e. The molecule has 1 saturated heterocycles. The smallest absolute Gasteiger partial charge is 0.160 e. The number of hydrogen-bond acceptors (Lipinski definition) is 5. The lowest BCUT2D eigenvalue weighted by atomic mass is 9.99. The zero-order valence-corrected chi connectivity index (χ0v) is 23.1. The summed E-state index contributed by atoms with van der Waals surface area (Å²) in [5, 5.41) is 0. The SMILES string of the molecule is Cl[C@@H]1O[C@H](COCc2ccccc2)[C@@H](OCc2ccccc2)[C@H](OCc2ccccc2)[C@H]1OCc1ccccc1. The summed E-state index contributed by atoms with van der Waals surface area (Å²) in [6.45, 7) is 1.93. The fourth-order valence-corrected chi connectivity index (χ4v) is 5.08. The Labute approximate surface area is 241 Å². The summed E-state index contributed by atoms with van der Waals surface area (Å²) >= 11 is 6.86. The van der Waals surface area contributed by atoms with E-state index in [1.807, 2.05) is 121 Å². The molecule has 4 aromatic carbocycles. The lowest BCUT2D eigenvalue weighted by Gasteiger charge is -2.44. The Morgan fingerprint density at radius 3 is 1.30 bits per heavy atom. The van der Waals surface area contributed by atoms with Crippen molar-refractivity contribution < 1.29 is 23.7 Å². The third-order valence-electron chi connectivity index (χ3n) is 6.83. The van der Waals surface area contributed by atoms with E-state index < -0.39 is 30.0 Å². The summed E-state index contributed by atoms with van der Waals surface area (Å²) in [7, 11) is 0. The van der Waals surface area contributed by atoms with Crippen LogP contribution in [-0.4, -0.2) is 36.6 Å². The average molecular weight is 559 g/mol. The number of rotatable bonds is 13. The lowest BCUT2D eigenvalue weighted by molar-refractivity contribution is -0.256. The molecule has 0 radical (unpaired) electrons. The van der Waals surface area contributed by atoms with Gasteiger partial charge >= 0.3 is 0 Å². The van der Waals surface area contributed by atoms with Gasteiger partial charge in [-0.2, -0.15) is 0 Å². The Hall–Kier alpha value is -3.03. The standard InChI is InChI=1S/C34H35ClO5/c35-34-33(39-24-29-19-11-4-12-20-29)32(38-23-28-17-9-3-10-18-28)31(37-22-27-15-7-2-8-16-27)30(40-34)25-36-21-26-13-5-1-6-14-26/h1-20,30-34H,21-25H2/t30-,31-,32+,33-,34-/m1/s1. The highest BCUT2D eigenvalue weighted by molar-refractivity contribution is 6.20. The molecule has 208 valence electrons. The first-order valence-electron chi connectivity index (χ1n) is 13.6. The fourth-order valence-electron chi connectivity index (χ4n) is 4.73. The fraction of sp³-hybridized carbons (Fsp3) is 0.294. The van der Waals surface area contributed by atoms with E-state index in [9.17, 15) is 0 Å². The molecule has 0 aliphatic carbocycles. The molecule has 0 amide bonds. The van der Waals surface area contributed by atoms with Crippen LogP contribution in [0.1, 0.15) is 22.3 Å². The number of benzene rings is 4. The average Bonchev–Trinajstić information content (AvgIpc) is 3.01. The van der Waals surface area contributed by atoms with Gasteiger partial charge < -0.3 is 23.7 Å². The Morgan fingerprint density at radius 2 is 0.850 bits per heavy atom. The van der Waals surface area contributed by atoms with Gasteiger partial charge in [0.1, 0.15) is 24.4 Å². The van der Waals surface area contributed by atoms with Crippen LogP contribution in [0.4, 0.5) is 0 Å². The molecule has 1 aliphatic rings. The topological polar surface area (TPSA) is 46.2 Å². The quantitative estimate of drug-likeness (QED) is 0.167. The van der Waals surface area contributed by atoms with Crippen LogP contribution in [0, 0.1) is 0 Å². The molecule has 1 aliphatic heterocycles. The molecule has 0 saturated carbocycles. The number of hydrogen-bond donors (Lipinski definition) is 0. The minimum Gasteiger partial charge on any atom is -0.374 e. The van der Waals surface area contributed by atoms with Crippen molar-refractivity contribution >= 4 is 11.6 Å². The van der Waals surface area contributed by atoms with E-state index in [0.29, 0.717) is 33.0 Å². The molecule has 1 heterocycles. The molecule has 0 unspecified atom stereocenters. The second-order valence-electron chi connectivity index (χ2n) is 9.81. The van der Waals surface area contributed by atoms with Gasteiger partial charge in [0.15, 0.2) is 5.56 Å². The molecule has 5 nitrogen and oxygen atoms in total. The maximum atomic E-state index is 6.86. The Morgan fingerprint density at radius 1 is 0.475 bits per heavy atom. The minimum atomic E-state index is -0.744. The zero-order chi connectivity index (χ0) is 27.4. The van der Waals surface area contributed by atoms with Crippen molar-refractivity contribution in [1.82, 2.24) is 0 Å². The van der Waals surface area contributed by atoms with Gasteiger partial charge in [-0.3, -0.25) is 0 Å². The van der Waals surface area contributed by atoms with E-state index >= 15 is 0 Å². The summed E-state index contributed by atoms with van der Waals surface area (Å²) in [5.74, 6) is 0. The molecule has 5 rings (SSSR count). The van der Waals surface area contributed by atoms with Gasteiger partial charge in [0.05, 0.1) is 33.0 Å². The van der Waals surface area contributed by atoms with Crippen molar-refractivity contribution in [2.45, 2.75) is 56.4 Å². The second kappa shape index (κ2) is 15.1. The number of halogens is 1. The van der Waals surface area contributed by atoms with E-state index in [1.165, 1.54) is 0 Å². The first kappa shape index (κ1) is 28.5. The zero-order valence-electron chi connectivity index (χ0n) is 22.4. The molecule has 0 N–H and O–H groups in total. The number of ether oxygens (including phenoxy) is 5. The van der Waals surface area contributed by atoms with Crippen LogP contribution in [0.3, 0.4) is 0 Å². The predicted molar refractivity (Wildman–Crippen MR) is 156 cm³/mol. The summed E-state index contributed by atoms with van der Waals surface area (Å²) in [6, 6.07) is 40.2. The molecular weight excluding hydrogens is 524 g/mol.